The number of aromatic carboxylic acids is 1. The summed E-state index contributed by atoms with van der Waals surface area (Å²) in [6.07, 6.45) is 0. The van der Waals surface area contributed by atoms with Gasteiger partial charge in [0.05, 0.1) is 5.56 Å². The number of halogens is 1. The Hall–Kier alpha value is -1.03. The molecule has 0 aromatic heterocycles. The molecule has 70 valence electrons. The van der Waals surface area contributed by atoms with E-state index >= 15 is 0 Å². The van der Waals surface area contributed by atoms with Crippen LogP contribution in [0.25, 0.3) is 0 Å². The van der Waals surface area contributed by atoms with Crippen LogP contribution in [-0.2, 0) is 0 Å². The molecule has 0 unspecified atom stereocenters. The van der Waals surface area contributed by atoms with E-state index in [-0.39, 0.29) is 5.56 Å². The molecule has 13 heavy (non-hydrogen) atoms. The summed E-state index contributed by atoms with van der Waals surface area (Å²) in [5.41, 5.74) is 1.28. The van der Waals surface area contributed by atoms with E-state index in [9.17, 15) is 4.79 Å². The number of hydrogen-bond donors (Lipinski definition) is 1. The predicted molar refractivity (Wildman–Crippen MR) is 52.6 cm³/mol. The lowest BCUT2D eigenvalue weighted by Crippen LogP contribution is -2.01. The van der Waals surface area contributed by atoms with Crippen LogP contribution in [0.1, 0.15) is 15.9 Å². The highest BCUT2D eigenvalue weighted by Crippen LogP contribution is 2.21. The number of carboxylic acid groups (broad SMARTS) is 1. The number of alkyl halides is 1. The highest BCUT2D eigenvalue weighted by atomic mass is 79.9. The maximum absolute atomic E-state index is 10.7. The van der Waals surface area contributed by atoms with Gasteiger partial charge in [-0.25, -0.2) is 4.79 Å². The van der Waals surface area contributed by atoms with Gasteiger partial charge in [0, 0.05) is 5.56 Å². The molecule has 1 N–H and O–H groups in total. The van der Waals surface area contributed by atoms with Crippen molar-refractivity contribution in [2.24, 2.45) is 0 Å². The normalized spacial score (nSPS) is 9.69. The van der Waals surface area contributed by atoms with Crippen molar-refractivity contribution in [2.45, 2.75) is 6.92 Å². The first-order chi connectivity index (χ1) is 6.16. The van der Waals surface area contributed by atoms with Crippen LogP contribution in [0, 0.1) is 6.92 Å². The molecular formula is C9H9BrO3. The third-order valence-corrected chi connectivity index (χ3v) is 1.95. The van der Waals surface area contributed by atoms with Crippen molar-refractivity contribution < 1.29 is 14.6 Å². The summed E-state index contributed by atoms with van der Waals surface area (Å²) in [5.74, 6) is -0.339. The van der Waals surface area contributed by atoms with E-state index in [1.165, 1.54) is 0 Å². The minimum Gasteiger partial charge on any atom is -0.482 e. The molecule has 0 radical (unpaired) electrons. The monoisotopic (exact) mass is 244 g/mol. The Balaban J connectivity index is 3.10. The third kappa shape index (κ3) is 2.21. The molecular weight excluding hydrogens is 236 g/mol. The number of carbonyl (C=O) groups is 1. The molecule has 0 heterocycles. The number of benzene rings is 1. The average Bonchev–Trinajstić information content (AvgIpc) is 2.08. The highest BCUT2D eigenvalue weighted by Gasteiger charge is 2.09. The first-order valence-electron chi connectivity index (χ1n) is 3.68. The van der Waals surface area contributed by atoms with Crippen LogP contribution in [0.2, 0.25) is 0 Å². The lowest BCUT2D eigenvalue weighted by atomic mass is 10.1. The molecule has 1 rings (SSSR count). The Labute approximate surface area is 84.5 Å². The van der Waals surface area contributed by atoms with Crippen molar-refractivity contribution in [3.63, 3.8) is 0 Å². The fourth-order valence-electron chi connectivity index (χ4n) is 1.06. The largest absolute Gasteiger partial charge is 0.482 e. The maximum Gasteiger partial charge on any atom is 0.336 e. The van der Waals surface area contributed by atoms with Gasteiger partial charge in [0.2, 0.25) is 0 Å². The molecule has 0 aliphatic rings. The minimum absolute atomic E-state index is 0.276. The molecule has 0 bridgehead atoms. The molecule has 0 amide bonds. The molecule has 0 atom stereocenters. The van der Waals surface area contributed by atoms with Gasteiger partial charge in [-0.15, -0.1) is 0 Å². The Morgan fingerprint density at radius 2 is 2.31 bits per heavy atom. The fourth-order valence-corrected chi connectivity index (χ4v) is 1.31. The molecule has 0 aliphatic heterocycles. The zero-order valence-electron chi connectivity index (χ0n) is 7.08. The smallest absolute Gasteiger partial charge is 0.336 e. The molecule has 1 aromatic rings. The van der Waals surface area contributed by atoms with Gasteiger partial charge in [-0.2, -0.15) is 0 Å². The van der Waals surface area contributed by atoms with Crippen molar-refractivity contribution in [1.82, 2.24) is 0 Å². The summed E-state index contributed by atoms with van der Waals surface area (Å²) in [7, 11) is 0. The Bertz CT molecular complexity index is 323. The molecule has 3 nitrogen and oxygen atoms in total. The van der Waals surface area contributed by atoms with Crippen LogP contribution in [0.15, 0.2) is 18.2 Å². The molecule has 0 saturated carbocycles. The Kier molecular flexibility index (Phi) is 3.31. The topological polar surface area (TPSA) is 46.5 Å². The van der Waals surface area contributed by atoms with E-state index in [4.69, 9.17) is 9.84 Å². The summed E-state index contributed by atoms with van der Waals surface area (Å²) in [6, 6.07) is 4.95. The van der Waals surface area contributed by atoms with Gasteiger partial charge in [-0.1, -0.05) is 6.07 Å². The van der Waals surface area contributed by atoms with Gasteiger partial charge in [-0.3, -0.25) is 0 Å². The maximum atomic E-state index is 10.7. The number of ether oxygens (including phenoxy) is 1. The van der Waals surface area contributed by atoms with Crippen LogP contribution in [0.4, 0.5) is 0 Å². The Morgan fingerprint density at radius 3 is 2.85 bits per heavy atom. The van der Waals surface area contributed by atoms with Gasteiger partial charge >= 0.3 is 5.97 Å². The van der Waals surface area contributed by atoms with E-state index in [1.807, 2.05) is 0 Å². The quantitative estimate of drug-likeness (QED) is 0.832. The van der Waals surface area contributed by atoms with Crippen molar-refractivity contribution in [2.75, 3.05) is 5.52 Å². The number of hydrogen-bond acceptors (Lipinski definition) is 2. The Morgan fingerprint density at radius 1 is 1.62 bits per heavy atom. The highest BCUT2D eigenvalue weighted by molar-refractivity contribution is 9.09. The van der Waals surface area contributed by atoms with E-state index < -0.39 is 5.97 Å². The lowest BCUT2D eigenvalue weighted by Gasteiger charge is -2.07. The van der Waals surface area contributed by atoms with Gasteiger partial charge in [0.15, 0.2) is 0 Å². The summed E-state index contributed by atoms with van der Waals surface area (Å²) >= 11 is 3.11. The van der Waals surface area contributed by atoms with Crippen LogP contribution < -0.4 is 4.74 Å². The van der Waals surface area contributed by atoms with Gasteiger partial charge < -0.3 is 9.84 Å². The van der Waals surface area contributed by atoms with Crippen molar-refractivity contribution in [1.29, 1.82) is 0 Å². The first-order valence-corrected chi connectivity index (χ1v) is 4.80. The molecule has 0 spiro atoms. The summed E-state index contributed by atoms with van der Waals surface area (Å²) in [5, 5.41) is 8.79. The second-order valence-corrected chi connectivity index (χ2v) is 2.95. The third-order valence-electron chi connectivity index (χ3n) is 1.72. The lowest BCUT2D eigenvalue weighted by molar-refractivity contribution is 0.0695. The summed E-state index contributed by atoms with van der Waals surface area (Å²) in [6.45, 7) is 1.72. The van der Waals surface area contributed by atoms with Crippen LogP contribution in [0.3, 0.4) is 0 Å². The summed E-state index contributed by atoms with van der Waals surface area (Å²) < 4.78 is 5.18. The van der Waals surface area contributed by atoms with Crippen molar-refractivity contribution in [3.8, 4) is 5.75 Å². The number of carboxylic acids is 1. The van der Waals surface area contributed by atoms with Crippen LogP contribution >= 0.6 is 15.9 Å². The first kappa shape index (κ1) is 10.1. The molecule has 4 heteroatoms. The fraction of sp³-hybridized carbons (Fsp3) is 0.222. The standard InChI is InChI=1S/C9H9BrO3/c1-6-7(9(11)12)3-2-4-8(6)13-5-10/h2-4H,5H2,1H3,(H,11,12). The molecule has 0 aliphatic carbocycles. The zero-order valence-corrected chi connectivity index (χ0v) is 8.67. The zero-order chi connectivity index (χ0) is 9.84. The van der Waals surface area contributed by atoms with Crippen molar-refractivity contribution >= 4 is 21.9 Å². The molecule has 1 aromatic carbocycles. The predicted octanol–water partition coefficient (Wildman–Crippen LogP) is 2.42. The van der Waals surface area contributed by atoms with Crippen molar-refractivity contribution in [3.05, 3.63) is 29.3 Å². The SMILES string of the molecule is Cc1c(OCBr)cccc1C(=O)O. The van der Waals surface area contributed by atoms with E-state index in [2.05, 4.69) is 15.9 Å². The number of rotatable bonds is 3. The van der Waals surface area contributed by atoms with Gasteiger partial charge in [0.25, 0.3) is 0 Å². The van der Waals surface area contributed by atoms with E-state index in [0.717, 1.165) is 0 Å². The second kappa shape index (κ2) is 4.28. The van der Waals surface area contributed by atoms with E-state index in [0.29, 0.717) is 16.8 Å². The van der Waals surface area contributed by atoms with Gasteiger partial charge in [0.1, 0.15) is 11.3 Å². The minimum atomic E-state index is -0.933. The molecule has 0 fully saturated rings. The molecule has 0 saturated heterocycles. The second-order valence-electron chi connectivity index (χ2n) is 2.49. The van der Waals surface area contributed by atoms with Crippen LogP contribution in [0.5, 0.6) is 5.75 Å². The van der Waals surface area contributed by atoms with Crippen LogP contribution in [-0.4, -0.2) is 16.6 Å². The van der Waals surface area contributed by atoms with E-state index in [1.54, 1.807) is 25.1 Å². The average molecular weight is 245 g/mol. The summed E-state index contributed by atoms with van der Waals surface area (Å²) in [4.78, 5) is 10.7. The van der Waals surface area contributed by atoms with Gasteiger partial charge in [-0.05, 0) is 35.0 Å².